The molecule has 0 amide bonds. The second-order valence-electron chi connectivity index (χ2n) is 6.50. The lowest BCUT2D eigenvalue weighted by Crippen LogP contribution is -2.45. The summed E-state index contributed by atoms with van der Waals surface area (Å²) in [4.78, 5) is 4.68. The molecule has 0 atom stereocenters. The van der Waals surface area contributed by atoms with Gasteiger partial charge >= 0.3 is 0 Å². The zero-order valence-electron chi connectivity index (χ0n) is 12.3. The summed E-state index contributed by atoms with van der Waals surface area (Å²) >= 11 is 0. The second kappa shape index (κ2) is 5.42. The van der Waals surface area contributed by atoms with Gasteiger partial charge in [-0.3, -0.25) is 0 Å². The van der Waals surface area contributed by atoms with Crippen molar-refractivity contribution in [2.45, 2.75) is 52.6 Å². The smallest absolute Gasteiger partial charge is 0.196 e. The van der Waals surface area contributed by atoms with Crippen molar-refractivity contribution in [1.29, 1.82) is 0 Å². The van der Waals surface area contributed by atoms with Crippen LogP contribution in [0, 0.1) is 0 Å². The first kappa shape index (κ1) is 14.6. The molecule has 0 saturated carbocycles. The molecule has 0 spiro atoms. The number of nitrogens with zero attached hydrogens (tertiary/aromatic N) is 1. The Bertz CT molecular complexity index is 394. The summed E-state index contributed by atoms with van der Waals surface area (Å²) in [5, 5.41) is 6.73. The van der Waals surface area contributed by atoms with Gasteiger partial charge in [0.25, 0.3) is 0 Å². The molecule has 1 rings (SSSR count). The van der Waals surface area contributed by atoms with Crippen molar-refractivity contribution in [3.05, 3.63) is 30.3 Å². The second-order valence-corrected chi connectivity index (χ2v) is 6.50. The van der Waals surface area contributed by atoms with Gasteiger partial charge in [0.05, 0.1) is 5.54 Å². The highest BCUT2D eigenvalue weighted by Gasteiger charge is 2.16. The number of rotatable bonds is 1. The fraction of sp³-hybridized carbons (Fsp3) is 0.533. The molecule has 100 valence electrons. The molecular formula is C15H25N3. The molecule has 3 nitrogen and oxygen atoms in total. The molecule has 0 aliphatic rings. The summed E-state index contributed by atoms with van der Waals surface area (Å²) in [5.41, 5.74) is 0.901. The SMILES string of the molecule is CC(C)(C)/N=C(\Nc1ccccc1)NC(C)(C)C. The van der Waals surface area contributed by atoms with Crippen LogP contribution in [0.1, 0.15) is 41.5 Å². The number of anilines is 1. The third-order valence-electron chi connectivity index (χ3n) is 1.98. The zero-order valence-corrected chi connectivity index (χ0v) is 12.3. The Balaban J connectivity index is 2.89. The number of hydrogen-bond donors (Lipinski definition) is 2. The summed E-state index contributed by atoms with van der Waals surface area (Å²) in [7, 11) is 0. The van der Waals surface area contributed by atoms with Gasteiger partial charge in [0.1, 0.15) is 0 Å². The van der Waals surface area contributed by atoms with E-state index in [0.717, 1.165) is 11.6 Å². The molecule has 0 unspecified atom stereocenters. The van der Waals surface area contributed by atoms with Crippen LogP contribution in [0.25, 0.3) is 0 Å². The van der Waals surface area contributed by atoms with Gasteiger partial charge in [-0.2, -0.15) is 0 Å². The van der Waals surface area contributed by atoms with Gasteiger partial charge < -0.3 is 10.6 Å². The van der Waals surface area contributed by atoms with E-state index in [1.165, 1.54) is 0 Å². The molecule has 0 fully saturated rings. The minimum Gasteiger partial charge on any atom is -0.352 e. The van der Waals surface area contributed by atoms with Gasteiger partial charge in [0, 0.05) is 11.2 Å². The predicted octanol–water partition coefficient (Wildman–Crippen LogP) is 3.64. The maximum absolute atomic E-state index is 4.68. The molecule has 0 aromatic heterocycles. The van der Waals surface area contributed by atoms with E-state index in [9.17, 15) is 0 Å². The minimum atomic E-state index is -0.116. The van der Waals surface area contributed by atoms with Crippen LogP contribution >= 0.6 is 0 Å². The Morgan fingerprint density at radius 2 is 1.50 bits per heavy atom. The Morgan fingerprint density at radius 1 is 0.944 bits per heavy atom. The molecule has 2 N–H and O–H groups in total. The van der Waals surface area contributed by atoms with E-state index in [1.54, 1.807) is 0 Å². The third-order valence-corrected chi connectivity index (χ3v) is 1.98. The van der Waals surface area contributed by atoms with Crippen LogP contribution < -0.4 is 10.6 Å². The van der Waals surface area contributed by atoms with E-state index in [-0.39, 0.29) is 11.1 Å². The van der Waals surface area contributed by atoms with Crippen molar-refractivity contribution in [2.75, 3.05) is 5.32 Å². The van der Waals surface area contributed by atoms with Crippen LogP contribution in [0.4, 0.5) is 5.69 Å². The van der Waals surface area contributed by atoms with Crippen LogP contribution in [0.5, 0.6) is 0 Å². The van der Waals surface area contributed by atoms with E-state index < -0.39 is 0 Å². The van der Waals surface area contributed by atoms with E-state index in [2.05, 4.69) is 57.2 Å². The summed E-state index contributed by atoms with van der Waals surface area (Å²) in [6, 6.07) is 10.1. The quantitative estimate of drug-likeness (QED) is 0.587. The Labute approximate surface area is 111 Å². The van der Waals surface area contributed by atoms with Gasteiger partial charge in [-0.25, -0.2) is 4.99 Å². The van der Waals surface area contributed by atoms with Crippen molar-refractivity contribution in [2.24, 2.45) is 4.99 Å². The van der Waals surface area contributed by atoms with Crippen LogP contribution in [0.3, 0.4) is 0 Å². The largest absolute Gasteiger partial charge is 0.352 e. The molecule has 18 heavy (non-hydrogen) atoms. The minimum absolute atomic E-state index is 0.0220. The van der Waals surface area contributed by atoms with Crippen molar-refractivity contribution in [3.8, 4) is 0 Å². The number of guanidine groups is 1. The van der Waals surface area contributed by atoms with Crippen molar-refractivity contribution in [3.63, 3.8) is 0 Å². The van der Waals surface area contributed by atoms with Crippen LogP contribution in [0.15, 0.2) is 35.3 Å². The molecule has 0 aliphatic carbocycles. The Kier molecular flexibility index (Phi) is 4.38. The van der Waals surface area contributed by atoms with Gasteiger partial charge in [-0.05, 0) is 53.7 Å². The van der Waals surface area contributed by atoms with E-state index in [4.69, 9.17) is 0 Å². The van der Waals surface area contributed by atoms with Gasteiger partial charge in [0.15, 0.2) is 5.96 Å². The van der Waals surface area contributed by atoms with Crippen molar-refractivity contribution < 1.29 is 0 Å². The number of benzene rings is 1. The highest BCUT2D eigenvalue weighted by molar-refractivity contribution is 5.94. The average molecular weight is 247 g/mol. The number of hydrogen-bond acceptors (Lipinski definition) is 1. The molecule has 1 aromatic carbocycles. The lowest BCUT2D eigenvalue weighted by Gasteiger charge is -2.26. The average Bonchev–Trinajstić information content (AvgIpc) is 2.13. The first-order chi connectivity index (χ1) is 8.16. The molecule has 0 aliphatic heterocycles. The van der Waals surface area contributed by atoms with Gasteiger partial charge in [0.2, 0.25) is 0 Å². The maximum atomic E-state index is 4.68. The van der Waals surface area contributed by atoms with E-state index >= 15 is 0 Å². The number of para-hydroxylation sites is 1. The summed E-state index contributed by atoms with van der Waals surface area (Å²) in [5.74, 6) is 0.807. The maximum Gasteiger partial charge on any atom is 0.196 e. The third kappa shape index (κ3) is 6.28. The monoisotopic (exact) mass is 247 g/mol. The highest BCUT2D eigenvalue weighted by atomic mass is 15.2. The first-order valence-corrected chi connectivity index (χ1v) is 6.36. The highest BCUT2D eigenvalue weighted by Crippen LogP contribution is 2.11. The summed E-state index contributed by atoms with van der Waals surface area (Å²) in [6.45, 7) is 12.6. The van der Waals surface area contributed by atoms with E-state index in [0.29, 0.717) is 0 Å². The molecule has 0 saturated heterocycles. The fourth-order valence-electron chi connectivity index (χ4n) is 1.44. The normalized spacial score (nSPS) is 13.3. The lowest BCUT2D eigenvalue weighted by atomic mass is 10.1. The van der Waals surface area contributed by atoms with Crippen LogP contribution in [-0.4, -0.2) is 17.0 Å². The summed E-state index contributed by atoms with van der Waals surface area (Å²) in [6.07, 6.45) is 0. The van der Waals surface area contributed by atoms with Gasteiger partial charge in [-0.1, -0.05) is 18.2 Å². The van der Waals surface area contributed by atoms with Crippen molar-refractivity contribution >= 4 is 11.6 Å². The zero-order chi connectivity index (χ0) is 13.8. The molecule has 1 aromatic rings. The van der Waals surface area contributed by atoms with Crippen LogP contribution in [-0.2, 0) is 0 Å². The van der Waals surface area contributed by atoms with E-state index in [1.807, 2.05) is 30.3 Å². The molecule has 0 radical (unpaired) electrons. The topological polar surface area (TPSA) is 36.4 Å². The van der Waals surface area contributed by atoms with Crippen LogP contribution in [0.2, 0.25) is 0 Å². The predicted molar refractivity (Wildman–Crippen MR) is 80.1 cm³/mol. The number of nitrogens with one attached hydrogen (secondary N) is 2. The Morgan fingerprint density at radius 3 is 1.94 bits per heavy atom. The summed E-state index contributed by atoms with van der Waals surface area (Å²) < 4.78 is 0. The molecular weight excluding hydrogens is 222 g/mol. The molecule has 0 bridgehead atoms. The Hall–Kier alpha value is -1.51. The first-order valence-electron chi connectivity index (χ1n) is 6.36. The lowest BCUT2D eigenvalue weighted by molar-refractivity contribution is 0.501. The van der Waals surface area contributed by atoms with Gasteiger partial charge in [-0.15, -0.1) is 0 Å². The molecule has 3 heteroatoms. The standard InChI is InChI=1S/C15H25N3/c1-14(2,3)17-13(18-15(4,5)6)16-12-10-8-7-9-11-12/h7-11H,1-6H3,(H2,16,17,18). The number of aliphatic imine (C=N–C) groups is 1. The fourth-order valence-corrected chi connectivity index (χ4v) is 1.44. The van der Waals surface area contributed by atoms with Crippen molar-refractivity contribution in [1.82, 2.24) is 5.32 Å². The molecule has 0 heterocycles.